The van der Waals surface area contributed by atoms with Crippen LogP contribution in [0.2, 0.25) is 0 Å². The molecule has 1 heterocycles. The van der Waals surface area contributed by atoms with E-state index in [-0.39, 0.29) is 23.9 Å². The van der Waals surface area contributed by atoms with Gasteiger partial charge in [0, 0.05) is 0 Å². The lowest BCUT2D eigenvalue weighted by Gasteiger charge is -2.16. The van der Waals surface area contributed by atoms with E-state index in [0.717, 1.165) is 11.3 Å². The van der Waals surface area contributed by atoms with E-state index in [1.165, 1.54) is 12.1 Å². The third-order valence-electron chi connectivity index (χ3n) is 4.69. The van der Waals surface area contributed by atoms with Crippen molar-refractivity contribution in [2.45, 2.75) is 46.8 Å². The van der Waals surface area contributed by atoms with Crippen molar-refractivity contribution in [1.82, 2.24) is 15.1 Å². The first-order chi connectivity index (χ1) is 13.8. The van der Waals surface area contributed by atoms with Crippen LogP contribution in [0, 0.1) is 19.7 Å². The number of ether oxygens (including phenoxy) is 1. The summed E-state index contributed by atoms with van der Waals surface area (Å²) in [6.45, 7) is 9.53. The lowest BCUT2D eigenvalue weighted by molar-refractivity contribution is 0.0938. The van der Waals surface area contributed by atoms with Gasteiger partial charge in [-0.2, -0.15) is 5.10 Å². The number of amides is 1. The highest BCUT2D eigenvalue weighted by molar-refractivity contribution is 5.96. The Labute approximate surface area is 170 Å². The van der Waals surface area contributed by atoms with Crippen molar-refractivity contribution in [2.75, 3.05) is 0 Å². The molecule has 0 spiro atoms. The van der Waals surface area contributed by atoms with Crippen LogP contribution in [0.25, 0.3) is 5.69 Å². The normalized spacial score (nSPS) is 12.1. The number of benzene rings is 2. The van der Waals surface area contributed by atoms with Crippen molar-refractivity contribution >= 4 is 5.91 Å². The summed E-state index contributed by atoms with van der Waals surface area (Å²) in [5.41, 5.74) is 3.55. The number of nitrogens with one attached hydrogen (secondary N) is 1. The van der Waals surface area contributed by atoms with Gasteiger partial charge < -0.3 is 10.1 Å². The largest absolute Gasteiger partial charge is 0.491 e. The molecule has 0 saturated carbocycles. The highest BCUT2D eigenvalue weighted by Gasteiger charge is 2.21. The van der Waals surface area contributed by atoms with Gasteiger partial charge in [0.25, 0.3) is 5.91 Å². The number of aryl methyl sites for hydroxylation is 1. The fourth-order valence-corrected chi connectivity index (χ4v) is 3.26. The summed E-state index contributed by atoms with van der Waals surface area (Å²) >= 11 is 0. The third-order valence-corrected chi connectivity index (χ3v) is 4.69. The summed E-state index contributed by atoms with van der Waals surface area (Å²) in [6.07, 6.45) is 0.113. The summed E-state index contributed by atoms with van der Waals surface area (Å²) in [5.74, 6) is 0.296. The Morgan fingerprint density at radius 1 is 1.03 bits per heavy atom. The molecule has 1 atom stereocenters. The Morgan fingerprint density at radius 2 is 1.66 bits per heavy atom. The molecule has 152 valence electrons. The molecule has 1 amide bonds. The zero-order valence-electron chi connectivity index (χ0n) is 17.4. The van der Waals surface area contributed by atoms with Gasteiger partial charge in [0.15, 0.2) is 0 Å². The van der Waals surface area contributed by atoms with Gasteiger partial charge in [-0.15, -0.1) is 0 Å². The van der Waals surface area contributed by atoms with Crippen LogP contribution in [0.5, 0.6) is 5.75 Å². The molecular formula is C23H26FN3O2. The van der Waals surface area contributed by atoms with Crippen molar-refractivity contribution in [2.24, 2.45) is 0 Å². The van der Waals surface area contributed by atoms with Gasteiger partial charge in [-0.05, 0) is 76.6 Å². The maximum atomic E-state index is 13.2. The van der Waals surface area contributed by atoms with Crippen LogP contribution in [-0.4, -0.2) is 21.8 Å². The Balaban J connectivity index is 1.77. The minimum absolute atomic E-state index is 0.113. The summed E-state index contributed by atoms with van der Waals surface area (Å²) in [4.78, 5) is 12.9. The average molecular weight is 395 g/mol. The van der Waals surface area contributed by atoms with Crippen LogP contribution in [-0.2, 0) is 0 Å². The predicted molar refractivity (Wildman–Crippen MR) is 111 cm³/mol. The number of carbonyl (C=O) groups excluding carboxylic acids is 1. The molecule has 3 aromatic rings. The minimum Gasteiger partial charge on any atom is -0.491 e. The van der Waals surface area contributed by atoms with Crippen LogP contribution in [0.15, 0.2) is 48.5 Å². The molecule has 2 aromatic carbocycles. The van der Waals surface area contributed by atoms with E-state index in [2.05, 4.69) is 10.4 Å². The molecule has 6 heteroatoms. The molecule has 1 aromatic heterocycles. The highest BCUT2D eigenvalue weighted by atomic mass is 19.1. The predicted octanol–water partition coefficient (Wildman–Crippen LogP) is 4.91. The number of hydrogen-bond acceptors (Lipinski definition) is 3. The topological polar surface area (TPSA) is 56.2 Å². The van der Waals surface area contributed by atoms with E-state index in [4.69, 9.17) is 4.74 Å². The molecule has 5 nitrogen and oxygen atoms in total. The summed E-state index contributed by atoms with van der Waals surface area (Å²) in [5, 5.41) is 7.50. The summed E-state index contributed by atoms with van der Waals surface area (Å²) in [6, 6.07) is 13.6. The molecule has 0 aliphatic rings. The van der Waals surface area contributed by atoms with Crippen LogP contribution >= 0.6 is 0 Å². The van der Waals surface area contributed by atoms with E-state index in [0.29, 0.717) is 22.6 Å². The fraction of sp³-hybridized carbons (Fsp3) is 0.304. The third kappa shape index (κ3) is 4.65. The quantitative estimate of drug-likeness (QED) is 0.645. The number of hydrogen-bond donors (Lipinski definition) is 1. The molecule has 0 radical (unpaired) electrons. The second-order valence-electron chi connectivity index (χ2n) is 7.36. The number of aromatic nitrogens is 2. The average Bonchev–Trinajstić information content (AvgIpc) is 2.96. The first-order valence-corrected chi connectivity index (χ1v) is 9.66. The van der Waals surface area contributed by atoms with E-state index in [1.54, 1.807) is 23.7 Å². The summed E-state index contributed by atoms with van der Waals surface area (Å²) in [7, 11) is 0. The summed E-state index contributed by atoms with van der Waals surface area (Å²) < 4.78 is 20.5. The van der Waals surface area contributed by atoms with Crippen molar-refractivity contribution in [3.8, 4) is 11.4 Å². The van der Waals surface area contributed by atoms with Gasteiger partial charge in [0.05, 0.1) is 34.8 Å². The Bertz CT molecular complexity index is 992. The molecule has 1 N–H and O–H groups in total. The Morgan fingerprint density at radius 3 is 2.24 bits per heavy atom. The monoisotopic (exact) mass is 395 g/mol. The smallest absolute Gasteiger partial charge is 0.255 e. The van der Waals surface area contributed by atoms with Crippen molar-refractivity contribution < 1.29 is 13.9 Å². The zero-order chi connectivity index (χ0) is 21.1. The van der Waals surface area contributed by atoms with Crippen LogP contribution in [0.1, 0.15) is 54.1 Å². The molecule has 0 fully saturated rings. The van der Waals surface area contributed by atoms with Crippen LogP contribution in [0.4, 0.5) is 4.39 Å². The van der Waals surface area contributed by atoms with Gasteiger partial charge in [0.1, 0.15) is 11.6 Å². The molecule has 0 saturated heterocycles. The maximum Gasteiger partial charge on any atom is 0.255 e. The van der Waals surface area contributed by atoms with E-state index < -0.39 is 0 Å². The molecule has 0 aliphatic carbocycles. The Hall–Kier alpha value is -3.15. The standard InChI is InChI=1S/C23H26FN3O2/c1-14(2)29-21-12-6-18(7-13-21)15(3)25-23(28)22-16(4)26-27(17(22)5)20-10-8-19(24)9-11-20/h6-15H,1-5H3,(H,25,28). The first-order valence-electron chi connectivity index (χ1n) is 9.66. The molecular weight excluding hydrogens is 369 g/mol. The highest BCUT2D eigenvalue weighted by Crippen LogP contribution is 2.22. The molecule has 0 bridgehead atoms. The molecule has 29 heavy (non-hydrogen) atoms. The van der Waals surface area contributed by atoms with Gasteiger partial charge in [-0.1, -0.05) is 12.1 Å². The molecule has 1 unspecified atom stereocenters. The van der Waals surface area contributed by atoms with Crippen molar-refractivity contribution in [3.05, 3.63) is 76.9 Å². The van der Waals surface area contributed by atoms with Gasteiger partial charge >= 0.3 is 0 Å². The number of rotatable bonds is 6. The Kier molecular flexibility index (Phi) is 6.01. The van der Waals surface area contributed by atoms with Crippen LogP contribution in [0.3, 0.4) is 0 Å². The number of halogens is 1. The lowest BCUT2D eigenvalue weighted by Crippen LogP contribution is -2.27. The molecule has 3 rings (SSSR count). The van der Waals surface area contributed by atoms with Crippen LogP contribution < -0.4 is 10.1 Å². The number of carbonyl (C=O) groups is 1. The number of nitrogens with zero attached hydrogens (tertiary/aromatic N) is 2. The van der Waals surface area contributed by atoms with Gasteiger partial charge in [-0.25, -0.2) is 9.07 Å². The van der Waals surface area contributed by atoms with E-state index in [1.807, 2.05) is 52.0 Å². The fourth-order valence-electron chi connectivity index (χ4n) is 3.26. The van der Waals surface area contributed by atoms with Gasteiger partial charge in [0.2, 0.25) is 0 Å². The SMILES string of the molecule is Cc1nn(-c2ccc(F)cc2)c(C)c1C(=O)NC(C)c1ccc(OC(C)C)cc1. The zero-order valence-corrected chi connectivity index (χ0v) is 17.4. The lowest BCUT2D eigenvalue weighted by atomic mass is 10.1. The van der Waals surface area contributed by atoms with E-state index in [9.17, 15) is 9.18 Å². The molecule has 0 aliphatic heterocycles. The van der Waals surface area contributed by atoms with Gasteiger partial charge in [-0.3, -0.25) is 4.79 Å². The van der Waals surface area contributed by atoms with E-state index >= 15 is 0 Å². The van der Waals surface area contributed by atoms with Crippen molar-refractivity contribution in [1.29, 1.82) is 0 Å². The van der Waals surface area contributed by atoms with Crippen molar-refractivity contribution in [3.63, 3.8) is 0 Å². The maximum absolute atomic E-state index is 13.2. The minimum atomic E-state index is -0.313. The second kappa shape index (κ2) is 8.47. The first kappa shape index (κ1) is 20.6. The second-order valence-corrected chi connectivity index (χ2v) is 7.36.